The zero-order chi connectivity index (χ0) is 4.28. The SMILES string of the molecule is C.C.CCN(C)C.[V]. The van der Waals surface area contributed by atoms with Crippen molar-refractivity contribution >= 4 is 0 Å². The van der Waals surface area contributed by atoms with Gasteiger partial charge >= 0.3 is 0 Å². The molecule has 1 radical (unpaired) electrons. The minimum Gasteiger partial charge on any atom is -0.310 e. The van der Waals surface area contributed by atoms with E-state index in [-0.39, 0.29) is 33.4 Å². The van der Waals surface area contributed by atoms with Crippen LogP contribution in [-0.4, -0.2) is 25.5 Å². The monoisotopic (exact) mass is 156 g/mol. The van der Waals surface area contributed by atoms with Crippen molar-refractivity contribution in [1.29, 1.82) is 0 Å². The fourth-order valence-corrected chi connectivity index (χ4v) is 0. The minimum absolute atomic E-state index is 0. The molecule has 0 aliphatic heterocycles. The Hall–Kier alpha value is 0.544. The number of hydrogen-bond donors (Lipinski definition) is 0. The van der Waals surface area contributed by atoms with Gasteiger partial charge in [-0.3, -0.25) is 0 Å². The second kappa shape index (κ2) is 15.6. The largest absolute Gasteiger partial charge is 0.310 e. The molecule has 0 N–H and O–H groups in total. The van der Waals surface area contributed by atoms with Gasteiger partial charge in [0, 0.05) is 18.6 Å². The molecule has 0 rings (SSSR count). The summed E-state index contributed by atoms with van der Waals surface area (Å²) in [5, 5.41) is 0. The molecule has 0 saturated carbocycles. The molecular formula is C6H19NV. The normalized spacial score (nSPS) is 6.00. The Morgan fingerprint density at radius 1 is 1.12 bits per heavy atom. The molecule has 0 fully saturated rings. The van der Waals surface area contributed by atoms with Crippen LogP contribution in [0, 0.1) is 0 Å². The van der Waals surface area contributed by atoms with Crippen molar-refractivity contribution < 1.29 is 18.6 Å². The molecule has 53 valence electrons. The van der Waals surface area contributed by atoms with Crippen LogP contribution in [0.3, 0.4) is 0 Å². The van der Waals surface area contributed by atoms with Gasteiger partial charge in [0.2, 0.25) is 0 Å². The second-order valence-corrected chi connectivity index (χ2v) is 1.40. The molecule has 0 saturated heterocycles. The Morgan fingerprint density at radius 3 is 1.25 bits per heavy atom. The predicted molar refractivity (Wildman–Crippen MR) is 37.7 cm³/mol. The summed E-state index contributed by atoms with van der Waals surface area (Å²) in [4.78, 5) is 2.12. The van der Waals surface area contributed by atoms with Crippen LogP contribution in [0.15, 0.2) is 0 Å². The maximum absolute atomic E-state index is 2.12. The topological polar surface area (TPSA) is 3.24 Å². The third-order valence-electron chi connectivity index (χ3n) is 0.632. The smallest absolute Gasteiger partial charge is 0 e. The maximum Gasteiger partial charge on any atom is 0 e. The van der Waals surface area contributed by atoms with E-state index in [9.17, 15) is 0 Å². The first kappa shape index (κ1) is 23.5. The predicted octanol–water partition coefficient (Wildman–Crippen LogP) is 1.84. The Kier molecular flexibility index (Phi) is 46.1. The van der Waals surface area contributed by atoms with Gasteiger partial charge in [0.1, 0.15) is 0 Å². The molecule has 0 bridgehead atoms. The van der Waals surface area contributed by atoms with Crippen LogP contribution in [0.4, 0.5) is 0 Å². The van der Waals surface area contributed by atoms with E-state index in [1.54, 1.807) is 0 Å². The van der Waals surface area contributed by atoms with Gasteiger partial charge in [0.15, 0.2) is 0 Å². The van der Waals surface area contributed by atoms with E-state index >= 15 is 0 Å². The Balaban J connectivity index is -0.0000000267. The Bertz CT molecular complexity index is 22.5. The summed E-state index contributed by atoms with van der Waals surface area (Å²) >= 11 is 0. The van der Waals surface area contributed by atoms with E-state index in [0.717, 1.165) is 6.54 Å². The summed E-state index contributed by atoms with van der Waals surface area (Å²) in [5.74, 6) is 0. The molecule has 0 spiro atoms. The molecule has 1 nitrogen and oxygen atoms in total. The summed E-state index contributed by atoms with van der Waals surface area (Å²) in [7, 11) is 4.11. The first-order valence-electron chi connectivity index (χ1n) is 1.92. The average molecular weight is 156 g/mol. The molecule has 0 unspecified atom stereocenters. The Morgan fingerprint density at radius 2 is 1.25 bits per heavy atom. The molecular weight excluding hydrogens is 137 g/mol. The van der Waals surface area contributed by atoms with Crippen LogP contribution in [0.1, 0.15) is 21.8 Å². The second-order valence-electron chi connectivity index (χ2n) is 1.40. The quantitative estimate of drug-likeness (QED) is 0.560. The van der Waals surface area contributed by atoms with Gasteiger partial charge in [-0.25, -0.2) is 0 Å². The summed E-state index contributed by atoms with van der Waals surface area (Å²) in [6, 6.07) is 0. The van der Waals surface area contributed by atoms with Crippen molar-refractivity contribution in [1.82, 2.24) is 4.90 Å². The molecule has 0 aliphatic rings. The zero-order valence-electron chi connectivity index (χ0n) is 4.60. The van der Waals surface area contributed by atoms with Gasteiger partial charge < -0.3 is 4.90 Å². The van der Waals surface area contributed by atoms with Crippen molar-refractivity contribution in [3.8, 4) is 0 Å². The van der Waals surface area contributed by atoms with Gasteiger partial charge in [-0.15, -0.1) is 0 Å². The molecule has 0 aromatic carbocycles. The summed E-state index contributed by atoms with van der Waals surface area (Å²) < 4.78 is 0. The van der Waals surface area contributed by atoms with Crippen LogP contribution < -0.4 is 0 Å². The molecule has 0 heterocycles. The van der Waals surface area contributed by atoms with Gasteiger partial charge in [-0.1, -0.05) is 21.8 Å². The van der Waals surface area contributed by atoms with Crippen LogP contribution in [0.25, 0.3) is 0 Å². The molecule has 8 heavy (non-hydrogen) atoms. The zero-order valence-corrected chi connectivity index (χ0v) is 6.00. The number of rotatable bonds is 1. The van der Waals surface area contributed by atoms with Gasteiger partial charge in [-0.05, 0) is 20.6 Å². The third-order valence-corrected chi connectivity index (χ3v) is 0.632. The van der Waals surface area contributed by atoms with E-state index in [0.29, 0.717) is 0 Å². The van der Waals surface area contributed by atoms with E-state index in [4.69, 9.17) is 0 Å². The Labute approximate surface area is 66.3 Å². The minimum atomic E-state index is 0. The van der Waals surface area contributed by atoms with Crippen molar-refractivity contribution in [3.05, 3.63) is 0 Å². The first-order chi connectivity index (χ1) is 2.27. The summed E-state index contributed by atoms with van der Waals surface area (Å²) in [6.45, 7) is 3.26. The summed E-state index contributed by atoms with van der Waals surface area (Å²) in [5.41, 5.74) is 0. The average Bonchev–Trinajstić information content (AvgIpc) is 1.38. The summed E-state index contributed by atoms with van der Waals surface area (Å²) in [6.07, 6.45) is 0. The van der Waals surface area contributed by atoms with E-state index in [2.05, 4.69) is 25.9 Å². The molecule has 0 aromatic heterocycles. The van der Waals surface area contributed by atoms with Gasteiger partial charge in [-0.2, -0.15) is 0 Å². The standard InChI is InChI=1S/C4H11N.2CH4.V/c1-4-5(2)3;;;/h4H2,1-3H3;2*1H4;. The molecule has 0 atom stereocenters. The molecule has 2 heteroatoms. The van der Waals surface area contributed by atoms with Crippen LogP contribution in [-0.2, 0) is 18.6 Å². The molecule has 0 amide bonds. The fraction of sp³-hybridized carbons (Fsp3) is 1.00. The molecule has 0 aromatic rings. The van der Waals surface area contributed by atoms with E-state index in [1.165, 1.54) is 0 Å². The van der Waals surface area contributed by atoms with Crippen molar-refractivity contribution in [2.75, 3.05) is 20.6 Å². The fourth-order valence-electron chi connectivity index (χ4n) is 0. The molecule has 0 aliphatic carbocycles. The van der Waals surface area contributed by atoms with Crippen molar-refractivity contribution in [2.24, 2.45) is 0 Å². The van der Waals surface area contributed by atoms with Gasteiger partial charge in [0.05, 0.1) is 0 Å². The van der Waals surface area contributed by atoms with Crippen molar-refractivity contribution in [2.45, 2.75) is 21.8 Å². The van der Waals surface area contributed by atoms with Crippen LogP contribution >= 0.6 is 0 Å². The van der Waals surface area contributed by atoms with Crippen molar-refractivity contribution in [3.63, 3.8) is 0 Å². The first-order valence-corrected chi connectivity index (χ1v) is 1.92. The van der Waals surface area contributed by atoms with Crippen LogP contribution in [0.2, 0.25) is 0 Å². The third kappa shape index (κ3) is 31.1. The maximum atomic E-state index is 2.12. The van der Waals surface area contributed by atoms with Crippen LogP contribution in [0.5, 0.6) is 0 Å². The van der Waals surface area contributed by atoms with E-state index in [1.807, 2.05) is 0 Å². The number of nitrogens with zero attached hydrogens (tertiary/aromatic N) is 1. The van der Waals surface area contributed by atoms with Gasteiger partial charge in [0.25, 0.3) is 0 Å². The number of hydrogen-bond acceptors (Lipinski definition) is 1. The van der Waals surface area contributed by atoms with E-state index < -0.39 is 0 Å².